The molecule has 0 unspecified atom stereocenters. The third kappa shape index (κ3) is 9.89. The third-order valence-electron chi connectivity index (χ3n) is 1.98. The van der Waals surface area contributed by atoms with Crippen LogP contribution in [0.5, 0.6) is 0 Å². The molecule has 0 saturated carbocycles. The zero-order valence-electron chi connectivity index (χ0n) is 12.0. The number of alkyl carbamates (subject to hydrolysis) is 1. The van der Waals surface area contributed by atoms with E-state index in [0.29, 0.717) is 26.1 Å². The molecule has 0 heterocycles. The Bertz CT molecular complexity index is 272. The van der Waals surface area contributed by atoms with E-state index in [2.05, 4.69) is 10.6 Å². The van der Waals surface area contributed by atoms with Crippen molar-refractivity contribution < 1.29 is 14.3 Å². The topological polar surface area (TPSA) is 70.7 Å². The first-order chi connectivity index (χ1) is 8.22. The van der Waals surface area contributed by atoms with Gasteiger partial charge in [0.1, 0.15) is 5.60 Å². The zero-order chi connectivity index (χ0) is 14.2. The second-order valence-electron chi connectivity index (χ2n) is 5.22. The molecule has 0 aliphatic rings. The number of nitrogens with one attached hydrogen (secondary N) is 2. The summed E-state index contributed by atoms with van der Waals surface area (Å²) in [5.41, 5.74) is -0.477. The molecule has 6 heteroatoms. The molecular weight excluding hydrogens is 234 g/mol. The van der Waals surface area contributed by atoms with Crippen molar-refractivity contribution in [1.82, 2.24) is 15.5 Å². The van der Waals surface area contributed by atoms with Crippen LogP contribution in [0.25, 0.3) is 0 Å². The lowest BCUT2D eigenvalue weighted by molar-refractivity contribution is -0.128. The van der Waals surface area contributed by atoms with E-state index < -0.39 is 11.7 Å². The van der Waals surface area contributed by atoms with Crippen molar-refractivity contribution in [2.75, 3.05) is 33.7 Å². The average molecular weight is 259 g/mol. The van der Waals surface area contributed by atoms with E-state index in [0.717, 1.165) is 0 Å². The maximum atomic E-state index is 11.3. The minimum absolute atomic E-state index is 0.0857. The third-order valence-corrected chi connectivity index (χ3v) is 1.98. The summed E-state index contributed by atoms with van der Waals surface area (Å²) in [6, 6.07) is 0. The molecular formula is C12H25N3O3. The van der Waals surface area contributed by atoms with Gasteiger partial charge in [0.15, 0.2) is 0 Å². The smallest absolute Gasteiger partial charge is 0.407 e. The van der Waals surface area contributed by atoms with Crippen molar-refractivity contribution in [3.8, 4) is 0 Å². The van der Waals surface area contributed by atoms with Gasteiger partial charge in [-0.1, -0.05) is 0 Å². The van der Waals surface area contributed by atoms with Gasteiger partial charge in [0.05, 0.1) is 0 Å². The number of rotatable bonds is 6. The molecule has 0 rings (SSSR count). The first-order valence-corrected chi connectivity index (χ1v) is 6.10. The van der Waals surface area contributed by atoms with Crippen molar-refractivity contribution in [1.29, 1.82) is 0 Å². The molecule has 0 spiro atoms. The fourth-order valence-corrected chi connectivity index (χ4v) is 1.11. The van der Waals surface area contributed by atoms with Crippen LogP contribution in [0.2, 0.25) is 0 Å². The van der Waals surface area contributed by atoms with Gasteiger partial charge in [0, 0.05) is 40.2 Å². The second-order valence-corrected chi connectivity index (χ2v) is 5.22. The van der Waals surface area contributed by atoms with Crippen LogP contribution < -0.4 is 10.6 Å². The zero-order valence-corrected chi connectivity index (χ0v) is 12.0. The van der Waals surface area contributed by atoms with Gasteiger partial charge in [-0.2, -0.15) is 0 Å². The summed E-state index contributed by atoms with van der Waals surface area (Å²) in [5.74, 6) is 0.0857. The van der Waals surface area contributed by atoms with Crippen LogP contribution in [0.4, 0.5) is 4.79 Å². The van der Waals surface area contributed by atoms with E-state index in [4.69, 9.17) is 4.74 Å². The van der Waals surface area contributed by atoms with Gasteiger partial charge in [0.2, 0.25) is 5.91 Å². The van der Waals surface area contributed by atoms with Crippen LogP contribution in [0.3, 0.4) is 0 Å². The van der Waals surface area contributed by atoms with Gasteiger partial charge in [0.25, 0.3) is 0 Å². The predicted octanol–water partition coefficient (Wildman–Crippen LogP) is 0.579. The van der Waals surface area contributed by atoms with E-state index >= 15 is 0 Å². The highest BCUT2D eigenvalue weighted by Crippen LogP contribution is 2.05. The summed E-state index contributed by atoms with van der Waals surface area (Å²) < 4.78 is 5.08. The van der Waals surface area contributed by atoms with Crippen molar-refractivity contribution in [3.05, 3.63) is 0 Å². The molecule has 0 fully saturated rings. The van der Waals surface area contributed by atoms with Gasteiger partial charge in [-0.15, -0.1) is 0 Å². The Morgan fingerprint density at radius 2 is 1.72 bits per heavy atom. The molecule has 0 aliphatic carbocycles. The number of hydrogen-bond acceptors (Lipinski definition) is 4. The molecule has 18 heavy (non-hydrogen) atoms. The highest BCUT2D eigenvalue weighted by molar-refractivity contribution is 5.75. The molecule has 0 radical (unpaired) electrons. The molecule has 0 aliphatic heterocycles. The van der Waals surface area contributed by atoms with E-state index in [9.17, 15) is 9.59 Å². The lowest BCUT2D eigenvalue weighted by atomic mass is 10.2. The maximum absolute atomic E-state index is 11.3. The summed E-state index contributed by atoms with van der Waals surface area (Å²) in [4.78, 5) is 24.1. The van der Waals surface area contributed by atoms with E-state index in [1.54, 1.807) is 19.0 Å². The fourth-order valence-electron chi connectivity index (χ4n) is 1.11. The fraction of sp³-hybridized carbons (Fsp3) is 0.833. The summed E-state index contributed by atoms with van der Waals surface area (Å²) >= 11 is 0. The van der Waals surface area contributed by atoms with E-state index in [1.165, 1.54) is 0 Å². The summed E-state index contributed by atoms with van der Waals surface area (Å²) in [7, 11) is 3.46. The predicted molar refractivity (Wildman–Crippen MR) is 70.4 cm³/mol. The monoisotopic (exact) mass is 259 g/mol. The number of nitrogens with zero attached hydrogens (tertiary/aromatic N) is 1. The normalized spacial score (nSPS) is 10.9. The highest BCUT2D eigenvalue weighted by Gasteiger charge is 2.15. The van der Waals surface area contributed by atoms with Crippen molar-refractivity contribution in [3.63, 3.8) is 0 Å². The van der Waals surface area contributed by atoms with Crippen LogP contribution in [0.1, 0.15) is 27.2 Å². The molecule has 0 aromatic rings. The number of amides is 2. The molecule has 2 amide bonds. The SMILES string of the molecule is CN(C)C(=O)CCNCCNC(=O)OC(C)(C)C. The second kappa shape index (κ2) is 7.92. The van der Waals surface area contributed by atoms with Crippen LogP contribution in [-0.4, -0.2) is 56.2 Å². The van der Waals surface area contributed by atoms with Crippen LogP contribution in [0.15, 0.2) is 0 Å². The lowest BCUT2D eigenvalue weighted by Gasteiger charge is -2.19. The highest BCUT2D eigenvalue weighted by atomic mass is 16.6. The standard InChI is InChI=1S/C12H25N3O3/c1-12(2,3)18-11(17)14-9-8-13-7-6-10(16)15(4)5/h13H,6-9H2,1-5H3,(H,14,17). The Morgan fingerprint density at radius 1 is 1.11 bits per heavy atom. The number of carbonyl (C=O) groups is 2. The Labute approximate surface area is 109 Å². The molecule has 6 nitrogen and oxygen atoms in total. The molecule has 0 bridgehead atoms. The van der Waals surface area contributed by atoms with Crippen molar-refractivity contribution in [2.45, 2.75) is 32.8 Å². The number of hydrogen-bond donors (Lipinski definition) is 2. The summed E-state index contributed by atoms with van der Waals surface area (Å²) in [5, 5.41) is 5.70. The minimum Gasteiger partial charge on any atom is -0.444 e. The molecule has 0 aromatic carbocycles. The van der Waals surface area contributed by atoms with Gasteiger partial charge in [-0.05, 0) is 20.8 Å². The molecule has 0 saturated heterocycles. The molecule has 0 aromatic heterocycles. The van der Waals surface area contributed by atoms with Gasteiger partial charge < -0.3 is 20.3 Å². The van der Waals surface area contributed by atoms with E-state index in [-0.39, 0.29) is 5.91 Å². The molecule has 106 valence electrons. The van der Waals surface area contributed by atoms with Gasteiger partial charge in [-0.25, -0.2) is 4.79 Å². The first-order valence-electron chi connectivity index (χ1n) is 6.10. The quantitative estimate of drug-likeness (QED) is 0.685. The Morgan fingerprint density at radius 3 is 2.22 bits per heavy atom. The van der Waals surface area contributed by atoms with Crippen molar-refractivity contribution in [2.24, 2.45) is 0 Å². The summed E-state index contributed by atoms with van der Waals surface area (Å²) in [6.07, 6.45) is 0.0352. The van der Waals surface area contributed by atoms with Crippen LogP contribution >= 0.6 is 0 Å². The Hall–Kier alpha value is -1.30. The lowest BCUT2D eigenvalue weighted by Crippen LogP contribution is -2.37. The average Bonchev–Trinajstić information content (AvgIpc) is 2.19. The van der Waals surface area contributed by atoms with Crippen molar-refractivity contribution >= 4 is 12.0 Å². The van der Waals surface area contributed by atoms with Crippen LogP contribution in [0, 0.1) is 0 Å². The first kappa shape index (κ1) is 16.7. The Balaban J connectivity index is 3.46. The molecule has 2 N–H and O–H groups in total. The van der Waals surface area contributed by atoms with Gasteiger partial charge in [-0.3, -0.25) is 4.79 Å². The molecule has 0 atom stereocenters. The largest absolute Gasteiger partial charge is 0.444 e. The number of ether oxygens (including phenoxy) is 1. The Kier molecular flexibility index (Phi) is 7.35. The van der Waals surface area contributed by atoms with E-state index in [1.807, 2.05) is 20.8 Å². The number of carbonyl (C=O) groups excluding carboxylic acids is 2. The van der Waals surface area contributed by atoms with Crippen LogP contribution in [-0.2, 0) is 9.53 Å². The van der Waals surface area contributed by atoms with Gasteiger partial charge >= 0.3 is 6.09 Å². The summed E-state index contributed by atoms with van der Waals surface area (Å²) in [6.45, 7) is 7.14. The maximum Gasteiger partial charge on any atom is 0.407 e. The minimum atomic E-state index is -0.477.